The lowest BCUT2D eigenvalue weighted by Gasteiger charge is -2.06. The Balaban J connectivity index is 1.85. The minimum Gasteiger partial charge on any atom is -0.322 e. The van der Waals surface area contributed by atoms with Crippen LogP contribution in [0.25, 0.3) is 10.9 Å². The van der Waals surface area contributed by atoms with Gasteiger partial charge < -0.3 is 5.32 Å². The van der Waals surface area contributed by atoms with Crippen LogP contribution in [0.15, 0.2) is 47.1 Å². The number of fused-ring (bicyclic) bond motifs is 1. The van der Waals surface area contributed by atoms with Crippen molar-refractivity contribution in [3.05, 3.63) is 58.2 Å². The first-order chi connectivity index (χ1) is 9.63. The Kier molecular flexibility index (Phi) is 3.28. The van der Waals surface area contributed by atoms with E-state index >= 15 is 0 Å². The number of nitrogens with one attached hydrogen (secondary N) is 2. The van der Waals surface area contributed by atoms with Crippen LogP contribution in [0.4, 0.5) is 5.69 Å². The van der Waals surface area contributed by atoms with E-state index in [1.807, 2.05) is 43.3 Å². The first-order valence-corrected chi connectivity index (χ1v) is 6.93. The van der Waals surface area contributed by atoms with Crippen molar-refractivity contribution in [3.8, 4) is 0 Å². The van der Waals surface area contributed by atoms with Crippen LogP contribution in [0.5, 0.6) is 0 Å². The second kappa shape index (κ2) is 5.09. The first kappa shape index (κ1) is 12.9. The number of rotatable bonds is 2. The highest BCUT2D eigenvalue weighted by Crippen LogP contribution is 2.20. The fourth-order valence-corrected chi connectivity index (χ4v) is 2.34. The molecule has 0 saturated heterocycles. The molecule has 0 spiro atoms. The SMILES string of the molecule is Cc1ccc(C(=O)Nc2ccc3[nH]ncc3c2)cc1Br. The number of carbonyl (C=O) groups is 1. The Morgan fingerprint density at radius 3 is 2.90 bits per heavy atom. The van der Waals surface area contributed by atoms with Gasteiger partial charge in [-0.2, -0.15) is 5.10 Å². The third-order valence-corrected chi connectivity index (χ3v) is 3.99. The lowest BCUT2D eigenvalue weighted by molar-refractivity contribution is 0.102. The van der Waals surface area contributed by atoms with Crippen molar-refractivity contribution in [2.24, 2.45) is 0 Å². The van der Waals surface area contributed by atoms with E-state index in [9.17, 15) is 4.79 Å². The minimum absolute atomic E-state index is 0.131. The molecule has 0 atom stereocenters. The van der Waals surface area contributed by atoms with Crippen molar-refractivity contribution >= 4 is 38.4 Å². The van der Waals surface area contributed by atoms with E-state index in [1.165, 1.54) is 0 Å². The molecular weight excluding hydrogens is 318 g/mol. The maximum Gasteiger partial charge on any atom is 0.255 e. The predicted molar refractivity (Wildman–Crippen MR) is 82.9 cm³/mol. The van der Waals surface area contributed by atoms with Gasteiger partial charge in [0.15, 0.2) is 0 Å². The number of H-pyrrole nitrogens is 1. The third-order valence-electron chi connectivity index (χ3n) is 3.13. The van der Waals surface area contributed by atoms with Gasteiger partial charge in [-0.25, -0.2) is 0 Å². The second-order valence-electron chi connectivity index (χ2n) is 4.59. The summed E-state index contributed by atoms with van der Waals surface area (Å²) in [5.74, 6) is -0.131. The van der Waals surface area contributed by atoms with E-state index in [0.717, 1.165) is 26.6 Å². The highest BCUT2D eigenvalue weighted by atomic mass is 79.9. The molecule has 100 valence electrons. The van der Waals surface area contributed by atoms with Crippen LogP contribution in [0, 0.1) is 6.92 Å². The zero-order chi connectivity index (χ0) is 14.1. The molecule has 0 saturated carbocycles. The Bertz CT molecular complexity index is 795. The predicted octanol–water partition coefficient (Wildman–Crippen LogP) is 3.89. The molecule has 2 aromatic carbocycles. The van der Waals surface area contributed by atoms with E-state index in [2.05, 4.69) is 31.4 Å². The largest absolute Gasteiger partial charge is 0.322 e. The Hall–Kier alpha value is -2.14. The highest BCUT2D eigenvalue weighted by molar-refractivity contribution is 9.10. The van der Waals surface area contributed by atoms with E-state index in [1.54, 1.807) is 6.20 Å². The molecule has 3 rings (SSSR count). The number of anilines is 1. The lowest BCUT2D eigenvalue weighted by atomic mass is 10.1. The van der Waals surface area contributed by atoms with E-state index in [4.69, 9.17) is 0 Å². The molecule has 0 fully saturated rings. The summed E-state index contributed by atoms with van der Waals surface area (Å²) in [5, 5.41) is 10.7. The number of nitrogens with zero attached hydrogens (tertiary/aromatic N) is 1. The smallest absolute Gasteiger partial charge is 0.255 e. The molecule has 0 unspecified atom stereocenters. The van der Waals surface area contributed by atoms with Gasteiger partial charge in [-0.05, 0) is 42.8 Å². The van der Waals surface area contributed by atoms with Crippen molar-refractivity contribution in [1.29, 1.82) is 0 Å². The first-order valence-electron chi connectivity index (χ1n) is 6.14. The summed E-state index contributed by atoms with van der Waals surface area (Å²) in [6, 6.07) is 11.2. The summed E-state index contributed by atoms with van der Waals surface area (Å²) < 4.78 is 0.926. The van der Waals surface area contributed by atoms with E-state index < -0.39 is 0 Å². The van der Waals surface area contributed by atoms with Crippen LogP contribution >= 0.6 is 15.9 Å². The monoisotopic (exact) mass is 329 g/mol. The summed E-state index contributed by atoms with van der Waals surface area (Å²) in [4.78, 5) is 12.2. The van der Waals surface area contributed by atoms with Crippen LogP contribution < -0.4 is 5.32 Å². The minimum atomic E-state index is -0.131. The molecule has 20 heavy (non-hydrogen) atoms. The second-order valence-corrected chi connectivity index (χ2v) is 5.44. The highest BCUT2D eigenvalue weighted by Gasteiger charge is 2.08. The van der Waals surface area contributed by atoms with Gasteiger partial charge in [0, 0.05) is 21.1 Å². The number of aryl methyl sites for hydroxylation is 1. The van der Waals surface area contributed by atoms with Gasteiger partial charge in [0.25, 0.3) is 5.91 Å². The molecule has 0 radical (unpaired) electrons. The average Bonchev–Trinajstić information content (AvgIpc) is 2.89. The number of benzene rings is 2. The van der Waals surface area contributed by atoms with E-state index in [-0.39, 0.29) is 5.91 Å². The maximum absolute atomic E-state index is 12.2. The van der Waals surface area contributed by atoms with Crippen molar-refractivity contribution in [2.45, 2.75) is 6.92 Å². The van der Waals surface area contributed by atoms with Gasteiger partial charge in [0.2, 0.25) is 0 Å². The van der Waals surface area contributed by atoms with Gasteiger partial charge in [-0.3, -0.25) is 9.89 Å². The van der Waals surface area contributed by atoms with Crippen molar-refractivity contribution < 1.29 is 4.79 Å². The quantitative estimate of drug-likeness (QED) is 0.749. The van der Waals surface area contributed by atoms with E-state index in [0.29, 0.717) is 5.56 Å². The Labute approximate surface area is 124 Å². The zero-order valence-electron chi connectivity index (χ0n) is 10.8. The molecule has 0 bridgehead atoms. The molecule has 2 N–H and O–H groups in total. The summed E-state index contributed by atoms with van der Waals surface area (Å²) in [6.45, 7) is 1.98. The van der Waals surface area contributed by atoms with Crippen LogP contribution in [-0.4, -0.2) is 16.1 Å². The molecule has 3 aromatic rings. The van der Waals surface area contributed by atoms with Gasteiger partial charge in [0.05, 0.1) is 11.7 Å². The fraction of sp³-hybridized carbons (Fsp3) is 0.0667. The number of aromatic nitrogens is 2. The van der Waals surface area contributed by atoms with Crippen molar-refractivity contribution in [2.75, 3.05) is 5.32 Å². The summed E-state index contributed by atoms with van der Waals surface area (Å²) >= 11 is 3.43. The van der Waals surface area contributed by atoms with Crippen molar-refractivity contribution in [3.63, 3.8) is 0 Å². The van der Waals surface area contributed by atoms with Crippen LogP contribution in [-0.2, 0) is 0 Å². The zero-order valence-corrected chi connectivity index (χ0v) is 12.4. The van der Waals surface area contributed by atoms with Crippen molar-refractivity contribution in [1.82, 2.24) is 10.2 Å². The number of halogens is 1. The molecule has 0 aliphatic carbocycles. The van der Waals surface area contributed by atoms with Gasteiger partial charge in [-0.15, -0.1) is 0 Å². The molecule has 1 aromatic heterocycles. The normalized spacial score (nSPS) is 10.7. The van der Waals surface area contributed by atoms with Crippen LogP contribution in [0.2, 0.25) is 0 Å². The molecule has 0 aliphatic heterocycles. The maximum atomic E-state index is 12.2. The Morgan fingerprint density at radius 1 is 1.25 bits per heavy atom. The molecule has 5 heteroatoms. The molecule has 1 heterocycles. The summed E-state index contributed by atoms with van der Waals surface area (Å²) in [5.41, 5.74) is 3.41. The molecule has 4 nitrogen and oxygen atoms in total. The molecule has 1 amide bonds. The fourth-order valence-electron chi connectivity index (χ4n) is 1.96. The summed E-state index contributed by atoms with van der Waals surface area (Å²) in [6.07, 6.45) is 1.73. The van der Waals surface area contributed by atoms with Crippen LogP contribution in [0.3, 0.4) is 0 Å². The van der Waals surface area contributed by atoms with Gasteiger partial charge >= 0.3 is 0 Å². The number of aromatic amines is 1. The number of hydrogen-bond donors (Lipinski definition) is 2. The number of amides is 1. The third kappa shape index (κ3) is 2.44. The summed E-state index contributed by atoms with van der Waals surface area (Å²) in [7, 11) is 0. The number of carbonyl (C=O) groups excluding carboxylic acids is 1. The average molecular weight is 330 g/mol. The lowest BCUT2D eigenvalue weighted by Crippen LogP contribution is -2.11. The topological polar surface area (TPSA) is 57.8 Å². The Morgan fingerprint density at radius 2 is 2.10 bits per heavy atom. The molecule has 0 aliphatic rings. The van der Waals surface area contributed by atoms with Gasteiger partial charge in [0.1, 0.15) is 0 Å². The van der Waals surface area contributed by atoms with Crippen LogP contribution in [0.1, 0.15) is 15.9 Å². The number of hydrogen-bond acceptors (Lipinski definition) is 2. The standard InChI is InChI=1S/C15H12BrN3O/c1-9-2-3-10(7-13(9)16)15(20)18-12-4-5-14-11(6-12)8-17-19-14/h2-8H,1H3,(H,17,19)(H,18,20). The van der Waals surface area contributed by atoms with Gasteiger partial charge in [-0.1, -0.05) is 22.0 Å². The molecular formula is C15H12BrN3O.